The van der Waals surface area contributed by atoms with Crippen LogP contribution in [0.4, 0.5) is 10.5 Å². The van der Waals surface area contributed by atoms with Crippen LogP contribution in [0, 0.1) is 0 Å². The normalized spacial score (nSPS) is 11.8. The van der Waals surface area contributed by atoms with Gasteiger partial charge in [-0.25, -0.2) is 4.79 Å². The third-order valence-electron chi connectivity index (χ3n) is 3.33. The molecule has 2 aromatic carbocycles. The first-order chi connectivity index (χ1) is 10.1. The maximum Gasteiger partial charge on any atom is 0.411 e. The number of nitrogens with one attached hydrogen (secondary N) is 1. The lowest BCUT2D eigenvalue weighted by atomic mass is 10.1. The van der Waals surface area contributed by atoms with Gasteiger partial charge in [0.1, 0.15) is 0 Å². The van der Waals surface area contributed by atoms with Crippen molar-refractivity contribution in [2.24, 2.45) is 0 Å². The quantitative estimate of drug-likeness (QED) is 0.756. The van der Waals surface area contributed by atoms with E-state index in [4.69, 9.17) is 4.74 Å². The molecule has 1 aliphatic rings. The van der Waals surface area contributed by atoms with E-state index in [1.54, 1.807) is 13.0 Å². The lowest BCUT2D eigenvalue weighted by Crippen LogP contribution is -2.14. The molecule has 0 heterocycles. The highest BCUT2D eigenvalue weighted by Crippen LogP contribution is 2.40. The van der Waals surface area contributed by atoms with Gasteiger partial charge in [0, 0.05) is 15.6 Å². The molecule has 21 heavy (non-hydrogen) atoms. The molecule has 0 unspecified atom stereocenters. The number of ether oxygens (including phenoxy) is 1. The Bertz CT molecular complexity index is 755. The van der Waals surface area contributed by atoms with E-state index in [2.05, 4.69) is 21.2 Å². The molecule has 0 radical (unpaired) electrons. The maximum atomic E-state index is 12.4. The minimum absolute atomic E-state index is 0.0278. The average Bonchev–Trinajstić information content (AvgIpc) is 2.73. The van der Waals surface area contributed by atoms with Crippen LogP contribution in [0.5, 0.6) is 0 Å². The van der Waals surface area contributed by atoms with Gasteiger partial charge in [-0.05, 0) is 46.1 Å². The zero-order valence-corrected chi connectivity index (χ0v) is 12.9. The minimum atomic E-state index is -0.541. The van der Waals surface area contributed by atoms with E-state index in [9.17, 15) is 9.59 Å². The second-order valence-corrected chi connectivity index (χ2v) is 5.45. The molecule has 0 saturated heterocycles. The van der Waals surface area contributed by atoms with E-state index in [1.165, 1.54) is 0 Å². The number of amides is 1. The predicted octanol–water partition coefficient (Wildman–Crippen LogP) is 4.23. The smallest absolute Gasteiger partial charge is 0.411 e. The van der Waals surface area contributed by atoms with E-state index in [0.29, 0.717) is 27.9 Å². The number of benzene rings is 2. The van der Waals surface area contributed by atoms with Crippen LogP contribution in [0.2, 0.25) is 0 Å². The van der Waals surface area contributed by atoms with Gasteiger partial charge in [-0.15, -0.1) is 0 Å². The molecule has 2 aromatic rings. The number of ketones is 1. The average molecular weight is 346 g/mol. The number of halogens is 1. The first-order valence-electron chi connectivity index (χ1n) is 6.53. The summed E-state index contributed by atoms with van der Waals surface area (Å²) in [6.45, 7) is 2.02. The Morgan fingerprint density at radius 1 is 1.14 bits per heavy atom. The van der Waals surface area contributed by atoms with Crippen molar-refractivity contribution < 1.29 is 14.3 Å². The van der Waals surface area contributed by atoms with Crippen molar-refractivity contribution in [2.75, 3.05) is 11.9 Å². The number of rotatable bonds is 2. The number of fused-ring (bicyclic) bond motifs is 3. The van der Waals surface area contributed by atoms with Gasteiger partial charge >= 0.3 is 6.09 Å². The van der Waals surface area contributed by atoms with Crippen molar-refractivity contribution >= 4 is 33.5 Å². The van der Waals surface area contributed by atoms with Crippen LogP contribution in [0.15, 0.2) is 40.9 Å². The molecular formula is C16H12BrNO3. The highest BCUT2D eigenvalue weighted by atomic mass is 79.9. The fraction of sp³-hybridized carbons (Fsp3) is 0.125. The zero-order valence-electron chi connectivity index (χ0n) is 11.3. The lowest BCUT2D eigenvalue weighted by molar-refractivity contribution is 0.104. The molecule has 1 N–H and O–H groups in total. The van der Waals surface area contributed by atoms with Crippen LogP contribution in [0.1, 0.15) is 22.8 Å². The molecule has 0 aromatic heterocycles. The van der Waals surface area contributed by atoms with Gasteiger partial charge in [0.15, 0.2) is 5.78 Å². The van der Waals surface area contributed by atoms with Crippen molar-refractivity contribution in [3.8, 4) is 11.1 Å². The van der Waals surface area contributed by atoms with Gasteiger partial charge in [-0.2, -0.15) is 0 Å². The summed E-state index contributed by atoms with van der Waals surface area (Å²) < 4.78 is 5.56. The molecule has 0 saturated carbocycles. The Hall–Kier alpha value is -2.14. The summed E-state index contributed by atoms with van der Waals surface area (Å²) >= 11 is 3.42. The minimum Gasteiger partial charge on any atom is -0.450 e. The molecule has 0 fully saturated rings. The Labute approximate surface area is 130 Å². The molecule has 0 spiro atoms. The first-order valence-corrected chi connectivity index (χ1v) is 7.32. The fourth-order valence-electron chi connectivity index (χ4n) is 2.42. The van der Waals surface area contributed by atoms with Gasteiger partial charge in [-0.1, -0.05) is 24.3 Å². The second kappa shape index (κ2) is 5.33. The van der Waals surface area contributed by atoms with Crippen LogP contribution in [-0.4, -0.2) is 18.5 Å². The molecular weight excluding hydrogens is 334 g/mol. The number of carbonyl (C=O) groups excluding carboxylic acids is 2. The number of carbonyl (C=O) groups is 2. The predicted molar refractivity (Wildman–Crippen MR) is 83.7 cm³/mol. The van der Waals surface area contributed by atoms with Crippen molar-refractivity contribution in [3.63, 3.8) is 0 Å². The van der Waals surface area contributed by atoms with Gasteiger partial charge < -0.3 is 4.74 Å². The van der Waals surface area contributed by atoms with Gasteiger partial charge in [-0.3, -0.25) is 10.1 Å². The highest BCUT2D eigenvalue weighted by molar-refractivity contribution is 9.10. The summed E-state index contributed by atoms with van der Waals surface area (Å²) in [7, 11) is 0. The van der Waals surface area contributed by atoms with E-state index < -0.39 is 6.09 Å². The zero-order chi connectivity index (χ0) is 15.0. The largest absolute Gasteiger partial charge is 0.450 e. The monoisotopic (exact) mass is 345 g/mol. The van der Waals surface area contributed by atoms with Crippen LogP contribution < -0.4 is 5.32 Å². The molecule has 1 amide bonds. The Balaban J connectivity index is 2.04. The summed E-state index contributed by atoms with van der Waals surface area (Å²) in [5.41, 5.74) is 3.59. The SMILES string of the molecule is CCOC(=O)Nc1cc2c(cc1Br)-c1ccccc1C2=O. The maximum absolute atomic E-state index is 12.4. The van der Waals surface area contributed by atoms with Crippen LogP contribution in [0.3, 0.4) is 0 Å². The Kier molecular flexibility index (Phi) is 3.51. The molecule has 5 heteroatoms. The third-order valence-corrected chi connectivity index (χ3v) is 3.98. The van der Waals surface area contributed by atoms with Crippen molar-refractivity contribution in [2.45, 2.75) is 6.92 Å². The molecule has 3 rings (SSSR count). The van der Waals surface area contributed by atoms with Gasteiger partial charge in [0.05, 0.1) is 12.3 Å². The number of anilines is 1. The van der Waals surface area contributed by atoms with E-state index >= 15 is 0 Å². The number of hydrogen-bond acceptors (Lipinski definition) is 3. The van der Waals surface area contributed by atoms with Crippen LogP contribution in [0.25, 0.3) is 11.1 Å². The van der Waals surface area contributed by atoms with Crippen LogP contribution >= 0.6 is 15.9 Å². The van der Waals surface area contributed by atoms with E-state index in [0.717, 1.165) is 11.1 Å². The standard InChI is InChI=1S/C16H12BrNO3/c1-2-21-16(20)18-14-8-12-11(7-13(14)17)9-5-3-4-6-10(9)15(12)19/h3-8H,2H2,1H3,(H,18,20). The molecule has 106 valence electrons. The number of hydrogen-bond donors (Lipinski definition) is 1. The highest BCUT2D eigenvalue weighted by Gasteiger charge is 2.27. The molecule has 0 atom stereocenters. The summed E-state index contributed by atoms with van der Waals surface area (Å²) in [5.74, 6) is -0.0278. The van der Waals surface area contributed by atoms with Gasteiger partial charge in [0.2, 0.25) is 0 Å². The molecule has 0 bridgehead atoms. The lowest BCUT2D eigenvalue weighted by Gasteiger charge is -2.09. The molecule has 4 nitrogen and oxygen atoms in total. The third kappa shape index (κ3) is 2.34. The summed E-state index contributed by atoms with van der Waals surface area (Å²) in [5, 5.41) is 2.63. The summed E-state index contributed by atoms with van der Waals surface area (Å²) in [6.07, 6.45) is -0.541. The summed E-state index contributed by atoms with van der Waals surface area (Å²) in [6, 6.07) is 11.0. The van der Waals surface area contributed by atoms with Crippen molar-refractivity contribution in [1.29, 1.82) is 0 Å². The van der Waals surface area contributed by atoms with Crippen LogP contribution in [-0.2, 0) is 4.74 Å². The molecule has 1 aliphatic carbocycles. The van der Waals surface area contributed by atoms with Crippen molar-refractivity contribution in [1.82, 2.24) is 0 Å². The van der Waals surface area contributed by atoms with E-state index in [1.807, 2.05) is 30.3 Å². The Morgan fingerprint density at radius 3 is 2.57 bits per heavy atom. The molecule has 0 aliphatic heterocycles. The van der Waals surface area contributed by atoms with E-state index in [-0.39, 0.29) is 5.78 Å². The van der Waals surface area contributed by atoms with Gasteiger partial charge in [0.25, 0.3) is 0 Å². The summed E-state index contributed by atoms with van der Waals surface area (Å²) in [4.78, 5) is 23.9. The van der Waals surface area contributed by atoms with Crippen molar-refractivity contribution in [3.05, 3.63) is 52.0 Å². The Morgan fingerprint density at radius 2 is 1.86 bits per heavy atom. The first kappa shape index (κ1) is 13.8. The second-order valence-electron chi connectivity index (χ2n) is 4.60. The topological polar surface area (TPSA) is 55.4 Å². The fourth-order valence-corrected chi connectivity index (χ4v) is 2.86.